The Morgan fingerprint density at radius 1 is 0.766 bits per heavy atom. The first-order valence-corrected chi connectivity index (χ1v) is 22.0. The number of carbonyl (C=O) groups is 4. The summed E-state index contributed by atoms with van der Waals surface area (Å²) in [6.07, 6.45) is 10.2. The summed E-state index contributed by atoms with van der Waals surface area (Å²) in [6.45, 7) is 9.42. The lowest BCUT2D eigenvalue weighted by Crippen LogP contribution is -2.52. The van der Waals surface area contributed by atoms with E-state index < -0.39 is 17.5 Å². The lowest BCUT2D eigenvalue weighted by Gasteiger charge is -2.30. The van der Waals surface area contributed by atoms with Crippen molar-refractivity contribution in [3.05, 3.63) is 0 Å². The third kappa shape index (κ3) is 20.5. The second-order valence-electron chi connectivity index (χ2n) is 13.6. The van der Waals surface area contributed by atoms with Crippen molar-refractivity contribution in [3.8, 4) is 0 Å². The summed E-state index contributed by atoms with van der Waals surface area (Å²) in [5.74, 6) is 1.38. The SMILES string of the molecule is COCCC(C)(C)OCCC(C)(C)NC(=O)C[C@H](NC(=O)CCCCC1CCSS1)C(=O)NCCNC(=O)CCCCC1CCSS1. The number of unbranched alkanes of at least 4 members (excludes halogenated alkanes) is 2. The molecule has 10 nitrogen and oxygen atoms in total. The molecule has 0 aromatic carbocycles. The van der Waals surface area contributed by atoms with Gasteiger partial charge in [0.25, 0.3) is 0 Å². The minimum atomic E-state index is -1.01. The zero-order valence-corrected chi connectivity index (χ0v) is 32.5. The number of rotatable bonds is 25. The second-order valence-corrected chi connectivity index (χ2v) is 19.2. The minimum Gasteiger partial charge on any atom is -0.385 e. The Kier molecular flexibility index (Phi) is 21.3. The Morgan fingerprint density at radius 3 is 1.94 bits per heavy atom. The molecule has 0 bridgehead atoms. The quantitative estimate of drug-likeness (QED) is 0.0690. The molecule has 2 aliphatic heterocycles. The van der Waals surface area contributed by atoms with Crippen LogP contribution in [0.25, 0.3) is 0 Å². The smallest absolute Gasteiger partial charge is 0.243 e. The predicted octanol–water partition coefficient (Wildman–Crippen LogP) is 5.64. The van der Waals surface area contributed by atoms with Gasteiger partial charge in [0.2, 0.25) is 23.6 Å². The number of ether oxygens (including phenoxy) is 2. The van der Waals surface area contributed by atoms with Gasteiger partial charge < -0.3 is 30.7 Å². The molecule has 0 radical (unpaired) electrons. The molecule has 272 valence electrons. The summed E-state index contributed by atoms with van der Waals surface area (Å²) in [4.78, 5) is 51.4. The number of hydrogen-bond donors (Lipinski definition) is 4. The van der Waals surface area contributed by atoms with Gasteiger partial charge in [-0.05, 0) is 79.1 Å². The van der Waals surface area contributed by atoms with Gasteiger partial charge in [-0.2, -0.15) is 0 Å². The van der Waals surface area contributed by atoms with Crippen molar-refractivity contribution in [2.45, 2.75) is 139 Å². The minimum absolute atomic E-state index is 0.0279. The molecule has 4 N–H and O–H groups in total. The van der Waals surface area contributed by atoms with E-state index in [1.807, 2.05) is 70.9 Å². The Hall–Kier alpha value is -0.800. The van der Waals surface area contributed by atoms with Crippen molar-refractivity contribution in [3.63, 3.8) is 0 Å². The Bertz CT molecular complexity index is 946. The summed E-state index contributed by atoms with van der Waals surface area (Å²) in [5, 5.41) is 12.9. The van der Waals surface area contributed by atoms with Crippen molar-refractivity contribution in [2.24, 2.45) is 0 Å². The van der Waals surface area contributed by atoms with Crippen LogP contribution in [0.4, 0.5) is 0 Å². The van der Waals surface area contributed by atoms with E-state index in [1.54, 1.807) is 7.11 Å². The maximum absolute atomic E-state index is 13.2. The second kappa shape index (κ2) is 23.6. The molecular formula is C33H60N4O6S4. The van der Waals surface area contributed by atoms with Crippen LogP contribution in [0.2, 0.25) is 0 Å². The van der Waals surface area contributed by atoms with E-state index in [0.29, 0.717) is 43.0 Å². The fourth-order valence-electron chi connectivity index (χ4n) is 5.20. The van der Waals surface area contributed by atoms with Gasteiger partial charge in [-0.1, -0.05) is 56.0 Å². The number of nitrogens with one attached hydrogen (secondary N) is 4. The lowest BCUT2D eigenvalue weighted by atomic mass is 9.99. The van der Waals surface area contributed by atoms with Gasteiger partial charge in [-0.25, -0.2) is 0 Å². The zero-order valence-electron chi connectivity index (χ0n) is 29.2. The summed E-state index contributed by atoms with van der Waals surface area (Å²) in [6, 6.07) is -1.01. The van der Waals surface area contributed by atoms with Crippen molar-refractivity contribution in [1.29, 1.82) is 0 Å². The summed E-state index contributed by atoms with van der Waals surface area (Å²) >= 11 is 0. The van der Waals surface area contributed by atoms with E-state index in [1.165, 1.54) is 24.3 Å². The Morgan fingerprint density at radius 2 is 1.36 bits per heavy atom. The van der Waals surface area contributed by atoms with Crippen molar-refractivity contribution in [2.75, 3.05) is 44.9 Å². The largest absolute Gasteiger partial charge is 0.385 e. The van der Waals surface area contributed by atoms with Gasteiger partial charge >= 0.3 is 0 Å². The van der Waals surface area contributed by atoms with Gasteiger partial charge in [-0.15, -0.1) is 0 Å². The molecule has 2 aliphatic rings. The fourth-order valence-corrected chi connectivity index (χ4v) is 11.3. The highest BCUT2D eigenvalue weighted by Gasteiger charge is 2.28. The highest BCUT2D eigenvalue weighted by atomic mass is 33.1. The molecule has 2 fully saturated rings. The van der Waals surface area contributed by atoms with Gasteiger partial charge in [0.05, 0.1) is 12.0 Å². The maximum atomic E-state index is 13.2. The molecule has 4 amide bonds. The molecular weight excluding hydrogens is 677 g/mol. The molecule has 0 aromatic rings. The molecule has 2 heterocycles. The molecule has 3 atom stereocenters. The van der Waals surface area contributed by atoms with Crippen LogP contribution in [0, 0.1) is 0 Å². The standard InChI is InChI=1S/C33H60N4O6S4/c1-32(2,16-21-43-33(3,4)17-20-42-5)37-30(40)24-27(36-29(39)13-9-7-11-26-15-23-45-47-26)31(41)35-19-18-34-28(38)12-8-6-10-25-14-22-44-46-25/h25-27H,6-24H2,1-5H3,(H,34,38)(H,35,41)(H,36,39)(H,37,40)/t25?,26?,27-/m0/s1. The normalized spacial score (nSPS) is 18.9. The summed E-state index contributed by atoms with van der Waals surface area (Å²) in [7, 11) is 9.41. The van der Waals surface area contributed by atoms with Gasteiger partial charge in [0.1, 0.15) is 6.04 Å². The molecule has 2 rings (SSSR count). The molecule has 14 heteroatoms. The van der Waals surface area contributed by atoms with E-state index in [-0.39, 0.29) is 42.8 Å². The van der Waals surface area contributed by atoms with Crippen LogP contribution in [-0.4, -0.2) is 96.2 Å². The number of amides is 4. The van der Waals surface area contributed by atoms with Crippen LogP contribution in [0.1, 0.15) is 111 Å². The van der Waals surface area contributed by atoms with Crippen molar-refractivity contribution in [1.82, 2.24) is 21.3 Å². The van der Waals surface area contributed by atoms with Crippen LogP contribution < -0.4 is 21.3 Å². The molecule has 0 spiro atoms. The third-order valence-corrected chi connectivity index (χ3v) is 14.2. The number of methoxy groups -OCH3 is 1. The van der Waals surface area contributed by atoms with Crippen LogP contribution in [-0.2, 0) is 28.7 Å². The van der Waals surface area contributed by atoms with Crippen molar-refractivity contribution >= 4 is 66.8 Å². The lowest BCUT2D eigenvalue weighted by molar-refractivity contribution is -0.132. The molecule has 2 unspecified atom stereocenters. The van der Waals surface area contributed by atoms with E-state index in [9.17, 15) is 19.2 Å². The predicted molar refractivity (Wildman–Crippen MR) is 200 cm³/mol. The first-order chi connectivity index (χ1) is 22.4. The average Bonchev–Trinajstić information content (AvgIpc) is 3.72. The maximum Gasteiger partial charge on any atom is 0.243 e. The van der Waals surface area contributed by atoms with Crippen LogP contribution >= 0.6 is 43.2 Å². The molecule has 0 saturated carbocycles. The fraction of sp³-hybridized carbons (Fsp3) is 0.879. The van der Waals surface area contributed by atoms with E-state index in [4.69, 9.17) is 9.47 Å². The molecule has 0 aliphatic carbocycles. The van der Waals surface area contributed by atoms with Crippen molar-refractivity contribution < 1.29 is 28.7 Å². The number of hydrogen-bond acceptors (Lipinski definition) is 10. The first kappa shape index (κ1) is 42.4. The van der Waals surface area contributed by atoms with Crippen LogP contribution in [0.5, 0.6) is 0 Å². The van der Waals surface area contributed by atoms with E-state index >= 15 is 0 Å². The molecule has 47 heavy (non-hydrogen) atoms. The van der Waals surface area contributed by atoms with E-state index in [0.717, 1.165) is 44.9 Å². The Labute approximate surface area is 299 Å². The highest BCUT2D eigenvalue weighted by molar-refractivity contribution is 8.77. The van der Waals surface area contributed by atoms with Crippen LogP contribution in [0.15, 0.2) is 0 Å². The number of carbonyl (C=O) groups excluding carboxylic acids is 4. The summed E-state index contributed by atoms with van der Waals surface area (Å²) < 4.78 is 11.2. The third-order valence-electron chi connectivity index (χ3n) is 8.21. The first-order valence-electron chi connectivity index (χ1n) is 17.2. The summed E-state index contributed by atoms with van der Waals surface area (Å²) in [5.41, 5.74) is -0.916. The molecule has 0 aromatic heterocycles. The monoisotopic (exact) mass is 736 g/mol. The van der Waals surface area contributed by atoms with E-state index in [2.05, 4.69) is 21.3 Å². The Balaban J connectivity index is 1.79. The average molecular weight is 737 g/mol. The zero-order chi connectivity index (χ0) is 34.5. The van der Waals surface area contributed by atoms with Gasteiger partial charge in [-0.3, -0.25) is 19.2 Å². The molecule has 2 saturated heterocycles. The topological polar surface area (TPSA) is 135 Å². The van der Waals surface area contributed by atoms with Gasteiger partial charge in [0.15, 0.2) is 0 Å². The highest BCUT2D eigenvalue weighted by Crippen LogP contribution is 2.40. The van der Waals surface area contributed by atoms with Gasteiger partial charge in [0, 0.05) is 73.8 Å². The van der Waals surface area contributed by atoms with Crippen LogP contribution in [0.3, 0.4) is 0 Å².